The molecule has 2 atom stereocenters. The molecular formula is C12H18N2OS. The Morgan fingerprint density at radius 1 is 1.56 bits per heavy atom. The highest BCUT2D eigenvalue weighted by Gasteiger charge is 2.22. The van der Waals surface area contributed by atoms with Crippen LogP contribution in [-0.4, -0.2) is 27.2 Å². The lowest BCUT2D eigenvalue weighted by molar-refractivity contribution is 0.166. The summed E-state index contributed by atoms with van der Waals surface area (Å²) >= 11 is 1.89. The highest BCUT2D eigenvalue weighted by molar-refractivity contribution is 8.00. The fourth-order valence-corrected chi connectivity index (χ4v) is 3.36. The molecular weight excluding hydrogens is 220 g/mol. The number of nitrogen functional groups attached to an aromatic ring is 1. The van der Waals surface area contributed by atoms with E-state index in [1.54, 1.807) is 18.5 Å². The molecule has 88 valence electrons. The fraction of sp³-hybridized carbons (Fsp3) is 0.583. The van der Waals surface area contributed by atoms with Crippen molar-refractivity contribution in [2.75, 3.05) is 11.5 Å². The Labute approximate surface area is 100 Å². The van der Waals surface area contributed by atoms with Crippen molar-refractivity contribution >= 4 is 17.4 Å². The molecule has 2 unspecified atom stereocenters. The SMILES string of the molecule is Nc1ccncc1CC(O)C1CCCCS1. The van der Waals surface area contributed by atoms with Gasteiger partial charge in [-0.3, -0.25) is 4.98 Å². The Morgan fingerprint density at radius 3 is 3.12 bits per heavy atom. The van der Waals surface area contributed by atoms with Gasteiger partial charge in [-0.2, -0.15) is 11.8 Å². The zero-order chi connectivity index (χ0) is 11.4. The smallest absolute Gasteiger partial charge is 0.0700 e. The van der Waals surface area contributed by atoms with Crippen LogP contribution in [0.5, 0.6) is 0 Å². The molecule has 3 nitrogen and oxygen atoms in total. The molecule has 1 saturated heterocycles. The highest BCUT2D eigenvalue weighted by atomic mass is 32.2. The Hall–Kier alpha value is -0.740. The monoisotopic (exact) mass is 238 g/mol. The van der Waals surface area contributed by atoms with Crippen LogP contribution >= 0.6 is 11.8 Å². The van der Waals surface area contributed by atoms with E-state index < -0.39 is 0 Å². The first kappa shape index (κ1) is 11.7. The van der Waals surface area contributed by atoms with Gasteiger partial charge in [0.05, 0.1) is 6.10 Å². The number of hydrogen-bond acceptors (Lipinski definition) is 4. The Bertz CT molecular complexity index is 340. The van der Waals surface area contributed by atoms with Gasteiger partial charge >= 0.3 is 0 Å². The molecule has 1 aromatic heterocycles. The first-order valence-corrected chi connectivity index (χ1v) is 6.80. The summed E-state index contributed by atoms with van der Waals surface area (Å²) in [6, 6.07) is 1.79. The number of hydrogen-bond donors (Lipinski definition) is 2. The molecule has 2 heterocycles. The van der Waals surface area contributed by atoms with Crippen LogP contribution in [0.25, 0.3) is 0 Å². The van der Waals surface area contributed by atoms with Gasteiger partial charge in [0.2, 0.25) is 0 Å². The zero-order valence-corrected chi connectivity index (χ0v) is 10.1. The van der Waals surface area contributed by atoms with Crippen LogP contribution in [0.1, 0.15) is 24.8 Å². The third-order valence-corrected chi connectivity index (χ3v) is 4.52. The minimum Gasteiger partial charge on any atom is -0.398 e. The highest BCUT2D eigenvalue weighted by Crippen LogP contribution is 2.29. The Kier molecular flexibility index (Phi) is 4.07. The van der Waals surface area contributed by atoms with Crippen LogP contribution in [0.4, 0.5) is 5.69 Å². The lowest BCUT2D eigenvalue weighted by Gasteiger charge is -2.26. The van der Waals surface area contributed by atoms with Crippen LogP contribution in [-0.2, 0) is 6.42 Å². The predicted octanol–water partition coefficient (Wildman–Crippen LogP) is 1.85. The van der Waals surface area contributed by atoms with Gasteiger partial charge in [-0.25, -0.2) is 0 Å². The van der Waals surface area contributed by atoms with Gasteiger partial charge in [-0.05, 0) is 30.2 Å². The molecule has 0 aliphatic carbocycles. The summed E-state index contributed by atoms with van der Waals surface area (Å²) in [4.78, 5) is 4.05. The molecule has 0 radical (unpaired) electrons. The van der Waals surface area contributed by atoms with E-state index in [4.69, 9.17) is 5.73 Å². The first-order valence-electron chi connectivity index (χ1n) is 5.75. The maximum Gasteiger partial charge on any atom is 0.0700 e. The predicted molar refractivity (Wildman–Crippen MR) is 68.5 cm³/mol. The summed E-state index contributed by atoms with van der Waals surface area (Å²) in [5.74, 6) is 1.17. The van der Waals surface area contributed by atoms with E-state index in [2.05, 4.69) is 4.98 Å². The van der Waals surface area contributed by atoms with E-state index in [0.29, 0.717) is 11.7 Å². The molecule has 1 aromatic rings. The number of anilines is 1. The molecule has 0 saturated carbocycles. The van der Waals surface area contributed by atoms with Gasteiger partial charge < -0.3 is 10.8 Å². The van der Waals surface area contributed by atoms with E-state index in [1.807, 2.05) is 11.8 Å². The van der Waals surface area contributed by atoms with Crippen molar-refractivity contribution in [3.63, 3.8) is 0 Å². The molecule has 16 heavy (non-hydrogen) atoms. The number of pyridine rings is 1. The van der Waals surface area contributed by atoms with Gasteiger partial charge in [0.25, 0.3) is 0 Å². The molecule has 3 N–H and O–H groups in total. The molecule has 0 aromatic carbocycles. The van der Waals surface area contributed by atoms with E-state index in [-0.39, 0.29) is 6.10 Å². The Balaban J connectivity index is 1.96. The van der Waals surface area contributed by atoms with Crippen molar-refractivity contribution in [3.8, 4) is 0 Å². The number of thioether (sulfide) groups is 1. The summed E-state index contributed by atoms with van der Waals surface area (Å²) in [5, 5.41) is 10.5. The maximum absolute atomic E-state index is 10.1. The van der Waals surface area contributed by atoms with Gasteiger partial charge in [0, 0.05) is 29.8 Å². The van der Waals surface area contributed by atoms with Crippen LogP contribution in [0.15, 0.2) is 18.5 Å². The number of aromatic nitrogens is 1. The molecule has 0 spiro atoms. The minimum absolute atomic E-state index is 0.295. The van der Waals surface area contributed by atoms with Crippen LogP contribution in [0.2, 0.25) is 0 Å². The second-order valence-electron chi connectivity index (χ2n) is 4.25. The fourth-order valence-electron chi connectivity index (χ4n) is 2.03. The summed E-state index contributed by atoms with van der Waals surface area (Å²) in [6.45, 7) is 0. The van der Waals surface area contributed by atoms with E-state index >= 15 is 0 Å². The normalized spacial score (nSPS) is 22.9. The second kappa shape index (κ2) is 5.55. The van der Waals surface area contributed by atoms with E-state index in [0.717, 1.165) is 17.7 Å². The quantitative estimate of drug-likeness (QED) is 0.844. The lowest BCUT2D eigenvalue weighted by atomic mass is 10.0. The number of aliphatic hydroxyl groups excluding tert-OH is 1. The number of rotatable bonds is 3. The topological polar surface area (TPSA) is 59.1 Å². The minimum atomic E-state index is -0.295. The molecule has 1 fully saturated rings. The third kappa shape index (κ3) is 2.89. The van der Waals surface area contributed by atoms with Gasteiger partial charge in [-0.15, -0.1) is 0 Å². The zero-order valence-electron chi connectivity index (χ0n) is 9.30. The van der Waals surface area contributed by atoms with E-state index in [9.17, 15) is 5.11 Å². The van der Waals surface area contributed by atoms with Crippen LogP contribution in [0.3, 0.4) is 0 Å². The summed E-state index contributed by atoms with van der Waals surface area (Å²) in [5.41, 5.74) is 7.53. The van der Waals surface area contributed by atoms with Crippen molar-refractivity contribution in [2.24, 2.45) is 0 Å². The molecule has 1 aliphatic heterocycles. The maximum atomic E-state index is 10.1. The summed E-state index contributed by atoms with van der Waals surface area (Å²) in [6.07, 6.45) is 7.40. The van der Waals surface area contributed by atoms with Crippen LogP contribution in [0, 0.1) is 0 Å². The first-order chi connectivity index (χ1) is 7.77. The molecule has 4 heteroatoms. The molecule has 2 rings (SSSR count). The second-order valence-corrected chi connectivity index (χ2v) is 5.60. The van der Waals surface area contributed by atoms with Gasteiger partial charge in [0.15, 0.2) is 0 Å². The summed E-state index contributed by atoms with van der Waals surface area (Å²) in [7, 11) is 0. The molecule has 1 aliphatic rings. The van der Waals surface area contributed by atoms with E-state index in [1.165, 1.54) is 18.6 Å². The van der Waals surface area contributed by atoms with Crippen molar-refractivity contribution in [1.29, 1.82) is 0 Å². The van der Waals surface area contributed by atoms with Crippen molar-refractivity contribution in [1.82, 2.24) is 4.98 Å². The lowest BCUT2D eigenvalue weighted by Crippen LogP contribution is -2.28. The largest absolute Gasteiger partial charge is 0.398 e. The summed E-state index contributed by atoms with van der Waals surface area (Å²) < 4.78 is 0. The molecule has 0 bridgehead atoms. The van der Waals surface area contributed by atoms with Crippen molar-refractivity contribution < 1.29 is 5.11 Å². The number of nitrogens with zero attached hydrogens (tertiary/aromatic N) is 1. The van der Waals surface area contributed by atoms with Gasteiger partial charge in [0.1, 0.15) is 0 Å². The average molecular weight is 238 g/mol. The third-order valence-electron chi connectivity index (χ3n) is 3.01. The number of nitrogens with two attached hydrogens (primary N) is 1. The standard InChI is InChI=1S/C12H18N2OS/c13-10-4-5-14-8-9(10)7-11(15)12-3-1-2-6-16-12/h4-5,8,11-12,15H,1-3,6-7H2,(H2,13,14). The average Bonchev–Trinajstić information content (AvgIpc) is 2.33. The molecule has 0 amide bonds. The van der Waals surface area contributed by atoms with Crippen molar-refractivity contribution in [3.05, 3.63) is 24.0 Å². The van der Waals surface area contributed by atoms with Crippen molar-refractivity contribution in [2.45, 2.75) is 37.0 Å². The van der Waals surface area contributed by atoms with Crippen LogP contribution < -0.4 is 5.73 Å². The number of aliphatic hydroxyl groups is 1. The Morgan fingerprint density at radius 2 is 2.44 bits per heavy atom. The van der Waals surface area contributed by atoms with Gasteiger partial charge in [-0.1, -0.05) is 6.42 Å².